The number of imidazole rings is 1. The summed E-state index contributed by atoms with van der Waals surface area (Å²) in [6, 6.07) is 24.9. The van der Waals surface area contributed by atoms with Crippen LogP contribution in [-0.4, -0.2) is 27.0 Å². The van der Waals surface area contributed by atoms with E-state index in [-0.39, 0.29) is 24.2 Å². The Morgan fingerprint density at radius 3 is 2.30 bits per heavy atom. The Balaban J connectivity index is 0.00000320. The lowest BCUT2D eigenvalue weighted by Crippen LogP contribution is -2.33. The van der Waals surface area contributed by atoms with Crippen molar-refractivity contribution in [1.82, 2.24) is 14.5 Å². The van der Waals surface area contributed by atoms with E-state index in [0.29, 0.717) is 13.0 Å². The van der Waals surface area contributed by atoms with Crippen molar-refractivity contribution in [3.63, 3.8) is 0 Å². The number of amides is 1. The molecule has 7 heteroatoms. The SMILES string of the molecule is Cc1cc(C)c2sc(N(CCCn3ccnc3)C(=O)CC(c3ccccc3)c3ccccc3)nc2c1.Cl. The highest BCUT2D eigenvalue weighted by Crippen LogP contribution is 2.34. The highest BCUT2D eigenvalue weighted by molar-refractivity contribution is 7.22. The smallest absolute Gasteiger partial charge is 0.229 e. The first kappa shape index (κ1) is 26.6. The Labute approximate surface area is 228 Å². The van der Waals surface area contributed by atoms with E-state index in [2.05, 4.69) is 55.2 Å². The van der Waals surface area contributed by atoms with Crippen LogP contribution in [0, 0.1) is 13.8 Å². The largest absolute Gasteiger partial charge is 0.337 e. The standard InChI is InChI=1S/C30H30N4OS.ClH/c1-22-18-23(2)29-27(19-22)32-30(36-29)34(16-9-15-33-17-14-31-21-33)28(35)20-26(24-10-5-3-6-11-24)25-12-7-4-8-13-25;/h3-8,10-14,17-19,21,26H,9,15-16,20H2,1-2H3;1H. The van der Waals surface area contributed by atoms with Crippen molar-refractivity contribution in [2.45, 2.75) is 39.2 Å². The first-order chi connectivity index (χ1) is 17.6. The summed E-state index contributed by atoms with van der Waals surface area (Å²) in [5.41, 5.74) is 5.63. The zero-order chi connectivity index (χ0) is 24.9. The van der Waals surface area contributed by atoms with Crippen LogP contribution in [0.2, 0.25) is 0 Å². The molecule has 3 aromatic carbocycles. The summed E-state index contributed by atoms with van der Waals surface area (Å²) in [5.74, 6) is 0.0705. The lowest BCUT2D eigenvalue weighted by Gasteiger charge is -2.24. The molecule has 0 saturated heterocycles. The number of benzene rings is 3. The fourth-order valence-electron chi connectivity index (χ4n) is 4.72. The molecule has 0 fully saturated rings. The van der Waals surface area contributed by atoms with E-state index < -0.39 is 0 Å². The number of anilines is 1. The molecule has 0 spiro atoms. The van der Waals surface area contributed by atoms with Gasteiger partial charge >= 0.3 is 0 Å². The van der Waals surface area contributed by atoms with Gasteiger partial charge in [0.05, 0.1) is 16.5 Å². The average molecular weight is 531 g/mol. The molecule has 2 heterocycles. The van der Waals surface area contributed by atoms with Gasteiger partial charge in [-0.05, 0) is 48.6 Å². The van der Waals surface area contributed by atoms with Crippen LogP contribution in [0.4, 0.5) is 5.13 Å². The molecule has 0 aliphatic carbocycles. The van der Waals surface area contributed by atoms with E-state index in [1.165, 1.54) is 11.1 Å². The molecule has 0 radical (unpaired) electrons. The van der Waals surface area contributed by atoms with Crippen LogP contribution < -0.4 is 4.90 Å². The van der Waals surface area contributed by atoms with Crippen LogP contribution in [0.25, 0.3) is 10.2 Å². The predicted octanol–water partition coefficient (Wildman–Crippen LogP) is 7.18. The number of carbonyl (C=O) groups excluding carboxylic acids is 1. The van der Waals surface area contributed by atoms with E-state index in [0.717, 1.165) is 39.4 Å². The fraction of sp³-hybridized carbons (Fsp3) is 0.233. The van der Waals surface area contributed by atoms with Crippen LogP contribution in [0.3, 0.4) is 0 Å². The van der Waals surface area contributed by atoms with E-state index in [9.17, 15) is 4.79 Å². The number of nitrogens with zero attached hydrogens (tertiary/aromatic N) is 4. The number of thiazole rings is 1. The van der Waals surface area contributed by atoms with Gasteiger partial charge in [0.25, 0.3) is 0 Å². The summed E-state index contributed by atoms with van der Waals surface area (Å²) in [6.45, 7) is 5.60. The molecule has 1 amide bonds. The second-order valence-corrected chi connectivity index (χ2v) is 10.2. The molecule has 0 unspecified atom stereocenters. The maximum atomic E-state index is 14.0. The van der Waals surface area contributed by atoms with Gasteiger partial charge in [-0.25, -0.2) is 9.97 Å². The number of fused-ring (bicyclic) bond motifs is 1. The van der Waals surface area contributed by atoms with Crippen molar-refractivity contribution >= 4 is 45.0 Å². The second-order valence-electron chi connectivity index (χ2n) is 9.20. The highest BCUT2D eigenvalue weighted by atomic mass is 35.5. The Morgan fingerprint density at radius 2 is 1.68 bits per heavy atom. The van der Waals surface area contributed by atoms with Gasteiger partial charge in [0.2, 0.25) is 5.91 Å². The van der Waals surface area contributed by atoms with Gasteiger partial charge in [0.15, 0.2) is 5.13 Å². The number of aryl methyl sites for hydroxylation is 3. The maximum Gasteiger partial charge on any atom is 0.229 e. The van der Waals surface area contributed by atoms with E-state index in [1.54, 1.807) is 17.5 Å². The Morgan fingerprint density at radius 1 is 1.00 bits per heavy atom. The van der Waals surface area contributed by atoms with Crippen LogP contribution in [0.15, 0.2) is 91.5 Å². The number of halogens is 1. The highest BCUT2D eigenvalue weighted by Gasteiger charge is 2.25. The topological polar surface area (TPSA) is 51.0 Å². The lowest BCUT2D eigenvalue weighted by atomic mass is 9.88. The third kappa shape index (κ3) is 6.27. The normalized spacial score (nSPS) is 11.0. The first-order valence-electron chi connectivity index (χ1n) is 12.3. The van der Waals surface area contributed by atoms with E-state index in [4.69, 9.17) is 4.98 Å². The molecular formula is C30H31ClN4OS. The van der Waals surface area contributed by atoms with Crippen molar-refractivity contribution in [2.24, 2.45) is 0 Å². The van der Waals surface area contributed by atoms with Crippen LogP contribution in [-0.2, 0) is 11.3 Å². The zero-order valence-electron chi connectivity index (χ0n) is 21.1. The summed E-state index contributed by atoms with van der Waals surface area (Å²) < 4.78 is 3.19. The molecule has 5 nitrogen and oxygen atoms in total. The molecule has 0 atom stereocenters. The molecular weight excluding hydrogens is 500 g/mol. The second kappa shape index (κ2) is 12.2. The van der Waals surface area contributed by atoms with E-state index in [1.807, 2.05) is 58.4 Å². The Bertz CT molecular complexity index is 1400. The first-order valence-corrected chi connectivity index (χ1v) is 13.1. The number of hydrogen-bond donors (Lipinski definition) is 0. The average Bonchev–Trinajstić information content (AvgIpc) is 3.56. The van der Waals surface area contributed by atoms with Crippen LogP contribution in [0.1, 0.15) is 41.0 Å². The molecule has 0 saturated carbocycles. The van der Waals surface area contributed by atoms with Gasteiger partial charge in [0, 0.05) is 37.8 Å². The molecule has 2 aromatic heterocycles. The molecule has 37 heavy (non-hydrogen) atoms. The van der Waals surface area contributed by atoms with Crippen molar-refractivity contribution in [3.05, 3.63) is 114 Å². The summed E-state index contributed by atoms with van der Waals surface area (Å²) >= 11 is 1.61. The number of aromatic nitrogens is 3. The number of hydrogen-bond acceptors (Lipinski definition) is 4. The van der Waals surface area contributed by atoms with Gasteiger partial charge in [0.1, 0.15) is 0 Å². The summed E-state index contributed by atoms with van der Waals surface area (Å²) in [5, 5.41) is 0.772. The molecule has 190 valence electrons. The molecule has 5 rings (SSSR count). The van der Waals surface area contributed by atoms with Gasteiger partial charge in [-0.3, -0.25) is 9.69 Å². The van der Waals surface area contributed by atoms with Crippen molar-refractivity contribution < 1.29 is 4.79 Å². The van der Waals surface area contributed by atoms with Gasteiger partial charge in [-0.2, -0.15) is 0 Å². The summed E-state index contributed by atoms with van der Waals surface area (Å²) in [4.78, 5) is 25.0. The maximum absolute atomic E-state index is 14.0. The van der Waals surface area contributed by atoms with Crippen molar-refractivity contribution in [2.75, 3.05) is 11.4 Å². The quantitative estimate of drug-likeness (QED) is 0.203. The minimum absolute atomic E-state index is 0. The third-order valence-corrected chi connectivity index (χ3v) is 7.71. The summed E-state index contributed by atoms with van der Waals surface area (Å²) in [6.07, 6.45) is 6.75. The lowest BCUT2D eigenvalue weighted by molar-refractivity contribution is -0.118. The number of carbonyl (C=O) groups is 1. The summed E-state index contributed by atoms with van der Waals surface area (Å²) in [7, 11) is 0. The monoisotopic (exact) mass is 530 g/mol. The van der Waals surface area contributed by atoms with Gasteiger partial charge < -0.3 is 4.57 Å². The zero-order valence-corrected chi connectivity index (χ0v) is 22.7. The minimum Gasteiger partial charge on any atom is -0.337 e. The van der Waals surface area contributed by atoms with Crippen molar-refractivity contribution in [3.8, 4) is 0 Å². The Hall–Kier alpha value is -3.48. The number of rotatable bonds is 9. The predicted molar refractivity (Wildman–Crippen MR) is 155 cm³/mol. The van der Waals surface area contributed by atoms with Crippen LogP contribution in [0.5, 0.6) is 0 Å². The van der Waals surface area contributed by atoms with Gasteiger partial charge in [-0.1, -0.05) is 78.1 Å². The third-order valence-electron chi connectivity index (χ3n) is 6.48. The van der Waals surface area contributed by atoms with Crippen molar-refractivity contribution in [1.29, 1.82) is 0 Å². The van der Waals surface area contributed by atoms with Crippen LogP contribution >= 0.6 is 23.7 Å². The molecule has 5 aromatic rings. The molecule has 0 N–H and O–H groups in total. The van der Waals surface area contributed by atoms with Gasteiger partial charge in [-0.15, -0.1) is 12.4 Å². The molecule has 0 bridgehead atoms. The van der Waals surface area contributed by atoms with E-state index >= 15 is 0 Å². The molecule has 0 aliphatic heterocycles. The fourth-order valence-corrected chi connectivity index (χ4v) is 5.78. The Kier molecular flexibility index (Phi) is 8.74. The minimum atomic E-state index is -0.0191. The molecule has 0 aliphatic rings.